The number of nitrogen functional groups attached to an aromatic ring is 1. The van der Waals surface area contributed by atoms with E-state index in [1.54, 1.807) is 14.2 Å². The van der Waals surface area contributed by atoms with Gasteiger partial charge in [0, 0.05) is 22.9 Å². The summed E-state index contributed by atoms with van der Waals surface area (Å²) in [7, 11) is 3.22. The highest BCUT2D eigenvalue weighted by molar-refractivity contribution is 5.83. The molecule has 1 aromatic carbocycles. The van der Waals surface area contributed by atoms with Crippen molar-refractivity contribution >= 4 is 5.82 Å². The van der Waals surface area contributed by atoms with Crippen LogP contribution in [0.15, 0.2) is 18.2 Å². The zero-order valence-electron chi connectivity index (χ0n) is 13.3. The second kappa shape index (κ2) is 6.17. The number of pyridine rings is 1. The Bertz CT molecular complexity index is 794. The van der Waals surface area contributed by atoms with Crippen molar-refractivity contribution in [2.45, 2.75) is 25.7 Å². The van der Waals surface area contributed by atoms with Crippen molar-refractivity contribution in [1.29, 1.82) is 5.26 Å². The van der Waals surface area contributed by atoms with Crippen LogP contribution >= 0.6 is 0 Å². The van der Waals surface area contributed by atoms with E-state index in [1.165, 1.54) is 0 Å². The number of fused-ring (bicyclic) bond motifs is 1. The number of anilines is 1. The summed E-state index contributed by atoms with van der Waals surface area (Å²) < 4.78 is 10.8. The van der Waals surface area contributed by atoms with Gasteiger partial charge in [-0.25, -0.2) is 4.98 Å². The van der Waals surface area contributed by atoms with Gasteiger partial charge < -0.3 is 15.2 Å². The van der Waals surface area contributed by atoms with Crippen LogP contribution in [0.5, 0.6) is 11.5 Å². The molecule has 1 aliphatic carbocycles. The maximum atomic E-state index is 9.59. The maximum Gasteiger partial charge on any atom is 0.142 e. The molecule has 5 heteroatoms. The van der Waals surface area contributed by atoms with Crippen LogP contribution in [0.25, 0.3) is 11.1 Å². The lowest BCUT2D eigenvalue weighted by atomic mass is 9.86. The lowest BCUT2D eigenvalue weighted by Crippen LogP contribution is -2.12. The molecular formula is C18H19N3O2. The average molecular weight is 309 g/mol. The Hall–Kier alpha value is -2.74. The van der Waals surface area contributed by atoms with Crippen LogP contribution in [-0.4, -0.2) is 19.2 Å². The largest absolute Gasteiger partial charge is 0.497 e. The molecule has 0 spiro atoms. The van der Waals surface area contributed by atoms with Crippen LogP contribution in [0, 0.1) is 11.3 Å². The molecule has 118 valence electrons. The van der Waals surface area contributed by atoms with E-state index in [1.807, 2.05) is 18.2 Å². The number of aromatic nitrogens is 1. The fourth-order valence-electron chi connectivity index (χ4n) is 3.18. The molecule has 3 rings (SSSR count). The van der Waals surface area contributed by atoms with Crippen molar-refractivity contribution in [2.24, 2.45) is 0 Å². The first-order valence-electron chi connectivity index (χ1n) is 7.63. The average Bonchev–Trinajstić information content (AvgIpc) is 2.60. The maximum absolute atomic E-state index is 9.59. The highest BCUT2D eigenvalue weighted by Crippen LogP contribution is 2.41. The topological polar surface area (TPSA) is 81.2 Å². The van der Waals surface area contributed by atoms with E-state index < -0.39 is 0 Å². The standard InChI is InChI=1S/C18H19N3O2/c1-22-11-7-8-13(16(9-11)23-2)17-12-5-3-4-6-15(12)21-18(20)14(17)10-19/h7-9H,3-6H2,1-2H3,(H2,20,21). The van der Waals surface area contributed by atoms with Crippen molar-refractivity contribution in [1.82, 2.24) is 4.98 Å². The molecule has 0 fully saturated rings. The van der Waals surface area contributed by atoms with Crippen LogP contribution in [0.1, 0.15) is 29.7 Å². The summed E-state index contributed by atoms with van der Waals surface area (Å²) in [5.74, 6) is 1.67. The van der Waals surface area contributed by atoms with Crippen LogP contribution in [-0.2, 0) is 12.8 Å². The minimum Gasteiger partial charge on any atom is -0.497 e. The summed E-state index contributed by atoms with van der Waals surface area (Å²) in [6.07, 6.45) is 4.00. The van der Waals surface area contributed by atoms with Gasteiger partial charge in [0.25, 0.3) is 0 Å². The molecule has 0 radical (unpaired) electrons. The predicted molar refractivity (Wildman–Crippen MR) is 88.5 cm³/mol. The highest BCUT2D eigenvalue weighted by atomic mass is 16.5. The monoisotopic (exact) mass is 309 g/mol. The fourth-order valence-corrected chi connectivity index (χ4v) is 3.18. The first kappa shape index (κ1) is 15.2. The van der Waals surface area contributed by atoms with E-state index >= 15 is 0 Å². The lowest BCUT2D eigenvalue weighted by Gasteiger charge is -2.22. The Labute approximate surface area is 135 Å². The summed E-state index contributed by atoms with van der Waals surface area (Å²) in [5, 5.41) is 9.59. The number of hydrogen-bond donors (Lipinski definition) is 1. The Kier molecular flexibility index (Phi) is 4.07. The van der Waals surface area contributed by atoms with E-state index in [0.29, 0.717) is 22.9 Å². The second-order valence-electron chi connectivity index (χ2n) is 5.56. The molecule has 0 saturated carbocycles. The minimum absolute atomic E-state index is 0.293. The predicted octanol–water partition coefficient (Wildman–Crippen LogP) is 3.10. The number of ether oxygens (including phenoxy) is 2. The highest BCUT2D eigenvalue weighted by Gasteiger charge is 2.24. The Morgan fingerprint density at radius 2 is 1.96 bits per heavy atom. The van der Waals surface area contributed by atoms with Gasteiger partial charge in [0.15, 0.2) is 0 Å². The second-order valence-corrected chi connectivity index (χ2v) is 5.56. The molecule has 1 aromatic heterocycles. The summed E-state index contributed by atoms with van der Waals surface area (Å²) in [6, 6.07) is 7.82. The molecule has 0 atom stereocenters. The van der Waals surface area contributed by atoms with E-state index in [9.17, 15) is 5.26 Å². The number of nitrogens with two attached hydrogens (primary N) is 1. The first-order valence-corrected chi connectivity index (χ1v) is 7.63. The van der Waals surface area contributed by atoms with Crippen molar-refractivity contribution < 1.29 is 9.47 Å². The molecule has 0 aliphatic heterocycles. The number of nitrogens with zero attached hydrogens (tertiary/aromatic N) is 2. The van der Waals surface area contributed by atoms with Crippen molar-refractivity contribution in [3.63, 3.8) is 0 Å². The molecule has 0 bridgehead atoms. The zero-order chi connectivity index (χ0) is 16.4. The number of aryl methyl sites for hydroxylation is 1. The van der Waals surface area contributed by atoms with Crippen LogP contribution in [0.3, 0.4) is 0 Å². The molecule has 2 aromatic rings. The first-order chi connectivity index (χ1) is 11.2. The van der Waals surface area contributed by atoms with Crippen molar-refractivity contribution in [2.75, 3.05) is 20.0 Å². The van der Waals surface area contributed by atoms with Gasteiger partial charge >= 0.3 is 0 Å². The fraction of sp³-hybridized carbons (Fsp3) is 0.333. The van der Waals surface area contributed by atoms with Crippen molar-refractivity contribution in [3.8, 4) is 28.7 Å². The summed E-state index contributed by atoms with van der Waals surface area (Å²) >= 11 is 0. The molecule has 0 saturated heterocycles. The molecule has 1 heterocycles. The Balaban J connectivity index is 2.31. The third-order valence-corrected chi connectivity index (χ3v) is 4.29. The van der Waals surface area contributed by atoms with Crippen molar-refractivity contribution in [3.05, 3.63) is 35.0 Å². The van der Waals surface area contributed by atoms with E-state index in [0.717, 1.165) is 48.1 Å². The molecular weight excluding hydrogens is 290 g/mol. The zero-order valence-corrected chi connectivity index (χ0v) is 13.3. The smallest absolute Gasteiger partial charge is 0.142 e. The van der Waals surface area contributed by atoms with Gasteiger partial charge in [0.2, 0.25) is 0 Å². The van der Waals surface area contributed by atoms with Gasteiger partial charge in [-0.15, -0.1) is 0 Å². The van der Waals surface area contributed by atoms with Crippen LogP contribution in [0.4, 0.5) is 5.82 Å². The summed E-state index contributed by atoms with van der Waals surface area (Å²) in [5.41, 5.74) is 10.3. The Morgan fingerprint density at radius 3 is 2.65 bits per heavy atom. The number of rotatable bonds is 3. The molecule has 0 amide bonds. The number of methoxy groups -OCH3 is 2. The SMILES string of the molecule is COc1ccc(-c2c(C#N)c(N)nc3c2CCCC3)c(OC)c1. The number of nitriles is 1. The Morgan fingerprint density at radius 1 is 1.17 bits per heavy atom. The summed E-state index contributed by atoms with van der Waals surface area (Å²) in [4.78, 5) is 4.45. The molecule has 23 heavy (non-hydrogen) atoms. The van der Waals surface area contributed by atoms with Gasteiger partial charge in [-0.05, 0) is 43.4 Å². The summed E-state index contributed by atoms with van der Waals surface area (Å²) in [6.45, 7) is 0. The quantitative estimate of drug-likeness (QED) is 0.942. The van der Waals surface area contributed by atoms with Crippen LogP contribution < -0.4 is 15.2 Å². The number of hydrogen-bond acceptors (Lipinski definition) is 5. The molecule has 1 aliphatic rings. The van der Waals surface area contributed by atoms with E-state index in [4.69, 9.17) is 15.2 Å². The van der Waals surface area contributed by atoms with Gasteiger partial charge in [-0.1, -0.05) is 0 Å². The van der Waals surface area contributed by atoms with E-state index in [-0.39, 0.29) is 0 Å². The third-order valence-electron chi connectivity index (χ3n) is 4.29. The molecule has 2 N–H and O–H groups in total. The molecule has 0 unspecified atom stereocenters. The minimum atomic E-state index is 0.293. The lowest BCUT2D eigenvalue weighted by molar-refractivity contribution is 0.395. The van der Waals surface area contributed by atoms with Gasteiger partial charge in [0.1, 0.15) is 28.9 Å². The molecule has 5 nitrogen and oxygen atoms in total. The van der Waals surface area contributed by atoms with Gasteiger partial charge in [-0.3, -0.25) is 0 Å². The third kappa shape index (κ3) is 2.57. The van der Waals surface area contributed by atoms with E-state index in [2.05, 4.69) is 11.1 Å². The number of benzene rings is 1. The van der Waals surface area contributed by atoms with Gasteiger partial charge in [0.05, 0.1) is 14.2 Å². The van der Waals surface area contributed by atoms with Gasteiger partial charge in [-0.2, -0.15) is 5.26 Å². The normalized spacial score (nSPS) is 13.1. The van der Waals surface area contributed by atoms with Crippen LogP contribution in [0.2, 0.25) is 0 Å².